The summed E-state index contributed by atoms with van der Waals surface area (Å²) in [6, 6.07) is 8.15. The Morgan fingerprint density at radius 3 is 2.54 bits per heavy atom. The quantitative estimate of drug-likeness (QED) is 0.558. The molecule has 1 saturated carbocycles. The molecule has 3 aliphatic heterocycles. The normalized spacial score (nSPS) is 24.3. The number of nitrogens with zero attached hydrogens (tertiary/aromatic N) is 4. The number of hydrogen-bond acceptors (Lipinski definition) is 6. The van der Waals surface area contributed by atoms with Gasteiger partial charge in [0.1, 0.15) is 11.5 Å². The molecule has 2 bridgehead atoms. The number of aromatic nitrogens is 3. The maximum Gasteiger partial charge on any atom is 0.417 e. The molecular formula is C26H27F3N6O2. The fraction of sp³-hybridized carbons (Fsp3) is 0.462. The second-order valence-corrected chi connectivity index (χ2v) is 10.3. The predicted octanol–water partition coefficient (Wildman–Crippen LogP) is 3.08. The third-order valence-electron chi connectivity index (χ3n) is 8.25. The van der Waals surface area contributed by atoms with Gasteiger partial charge in [-0.1, -0.05) is 6.07 Å². The van der Waals surface area contributed by atoms with Crippen LogP contribution in [0.5, 0.6) is 0 Å². The largest absolute Gasteiger partial charge is 0.417 e. The lowest BCUT2D eigenvalue weighted by atomic mass is 9.69. The smallest absolute Gasteiger partial charge is 0.370 e. The van der Waals surface area contributed by atoms with Gasteiger partial charge < -0.3 is 15.2 Å². The Balaban J connectivity index is 1.15. The Morgan fingerprint density at radius 1 is 1.14 bits per heavy atom. The van der Waals surface area contributed by atoms with Gasteiger partial charge in [-0.05, 0) is 49.9 Å². The van der Waals surface area contributed by atoms with E-state index in [2.05, 4.69) is 30.1 Å². The Labute approximate surface area is 210 Å². The van der Waals surface area contributed by atoms with Crippen molar-refractivity contribution in [2.24, 2.45) is 0 Å². The van der Waals surface area contributed by atoms with Crippen LogP contribution in [-0.2, 0) is 11.6 Å². The van der Waals surface area contributed by atoms with Crippen molar-refractivity contribution in [2.75, 3.05) is 31.6 Å². The number of anilines is 1. The van der Waals surface area contributed by atoms with Crippen LogP contribution >= 0.6 is 0 Å². The van der Waals surface area contributed by atoms with Crippen molar-refractivity contribution in [1.29, 1.82) is 0 Å². The van der Waals surface area contributed by atoms with Crippen LogP contribution in [0.25, 0.3) is 10.9 Å². The summed E-state index contributed by atoms with van der Waals surface area (Å²) in [5.74, 6) is 0.290. The van der Waals surface area contributed by atoms with Crippen molar-refractivity contribution < 1.29 is 18.0 Å². The van der Waals surface area contributed by atoms with Crippen molar-refractivity contribution in [1.82, 2.24) is 25.2 Å². The lowest BCUT2D eigenvalue weighted by Crippen LogP contribution is -2.46. The van der Waals surface area contributed by atoms with Crippen LogP contribution in [-0.4, -0.2) is 64.5 Å². The van der Waals surface area contributed by atoms with Crippen LogP contribution in [0.1, 0.15) is 47.6 Å². The molecule has 0 spiro atoms. The molecule has 2 N–H and O–H groups in total. The third kappa shape index (κ3) is 3.96. The summed E-state index contributed by atoms with van der Waals surface area (Å²) >= 11 is 0. The zero-order valence-corrected chi connectivity index (χ0v) is 20.3. The van der Waals surface area contributed by atoms with E-state index in [1.807, 2.05) is 6.07 Å². The molecule has 3 saturated heterocycles. The average molecular weight is 513 g/mol. The van der Waals surface area contributed by atoms with Crippen LogP contribution in [0.3, 0.4) is 0 Å². The fourth-order valence-corrected chi connectivity index (χ4v) is 6.35. The average Bonchev–Trinajstić information content (AvgIpc) is 3.45. The third-order valence-corrected chi connectivity index (χ3v) is 8.25. The predicted molar refractivity (Wildman–Crippen MR) is 132 cm³/mol. The molecule has 37 heavy (non-hydrogen) atoms. The first-order valence-corrected chi connectivity index (χ1v) is 12.5. The standard InChI is InChI=1S/C26H27F3N6O2/c1-30-22(36)20-6-5-16(13-31-20)34-9-7-15(8-10-34)35-14-25(11-17(35)12-25)24-32-19-4-2-3-18(26(27,28)29)21(19)23(37)33-24/h2-6,13,15,17H,7-12,14H2,1H3,(H,30,36)(H,32,33,37). The molecule has 11 heteroatoms. The van der Waals surface area contributed by atoms with Crippen LogP contribution in [0, 0.1) is 0 Å². The molecule has 4 aliphatic rings. The molecule has 2 aromatic heterocycles. The van der Waals surface area contributed by atoms with Gasteiger partial charge in [0.2, 0.25) is 0 Å². The fourth-order valence-electron chi connectivity index (χ4n) is 6.35. The highest BCUT2D eigenvalue weighted by molar-refractivity contribution is 5.92. The number of amides is 1. The van der Waals surface area contributed by atoms with E-state index >= 15 is 0 Å². The van der Waals surface area contributed by atoms with Gasteiger partial charge >= 0.3 is 6.18 Å². The highest BCUT2D eigenvalue weighted by Crippen LogP contribution is 2.53. The maximum atomic E-state index is 13.4. The number of carbonyl (C=O) groups is 1. The van der Waals surface area contributed by atoms with E-state index in [0.29, 0.717) is 23.6 Å². The summed E-state index contributed by atoms with van der Waals surface area (Å²) < 4.78 is 40.3. The van der Waals surface area contributed by atoms with Crippen molar-refractivity contribution in [2.45, 2.75) is 49.4 Å². The number of piperidine rings is 1. The van der Waals surface area contributed by atoms with Crippen LogP contribution in [0.15, 0.2) is 41.3 Å². The molecule has 0 radical (unpaired) electrons. The first-order chi connectivity index (χ1) is 17.7. The van der Waals surface area contributed by atoms with Crippen molar-refractivity contribution in [3.8, 4) is 0 Å². The molecule has 4 fully saturated rings. The van der Waals surface area contributed by atoms with Gasteiger partial charge in [0.25, 0.3) is 11.5 Å². The molecule has 1 aliphatic carbocycles. The van der Waals surface area contributed by atoms with E-state index in [9.17, 15) is 22.8 Å². The van der Waals surface area contributed by atoms with Gasteiger partial charge in [0.05, 0.1) is 28.4 Å². The highest BCUT2D eigenvalue weighted by atomic mass is 19.4. The molecular weight excluding hydrogens is 485 g/mol. The number of carbonyl (C=O) groups excluding carboxylic acids is 1. The number of fused-ring (bicyclic) bond motifs is 2. The van der Waals surface area contributed by atoms with Crippen molar-refractivity contribution >= 4 is 22.5 Å². The summed E-state index contributed by atoms with van der Waals surface area (Å²) in [4.78, 5) is 40.8. The number of benzene rings is 1. The molecule has 1 amide bonds. The van der Waals surface area contributed by atoms with Gasteiger partial charge in [-0.25, -0.2) is 9.97 Å². The number of H-pyrrole nitrogens is 1. The van der Waals surface area contributed by atoms with E-state index in [1.165, 1.54) is 12.1 Å². The van der Waals surface area contributed by atoms with E-state index in [1.54, 1.807) is 19.3 Å². The zero-order chi connectivity index (χ0) is 25.9. The Morgan fingerprint density at radius 2 is 1.89 bits per heavy atom. The minimum Gasteiger partial charge on any atom is -0.370 e. The lowest BCUT2D eigenvalue weighted by molar-refractivity contribution is -0.136. The zero-order valence-electron chi connectivity index (χ0n) is 20.3. The van der Waals surface area contributed by atoms with Gasteiger partial charge in [0.15, 0.2) is 0 Å². The lowest BCUT2D eigenvalue weighted by Gasteiger charge is -2.40. The number of halogens is 3. The number of hydrogen-bond donors (Lipinski definition) is 2. The summed E-state index contributed by atoms with van der Waals surface area (Å²) in [6.07, 6.45) is 0.771. The number of aromatic amines is 1. The molecule has 1 aromatic carbocycles. The first kappa shape index (κ1) is 23.9. The van der Waals surface area contributed by atoms with E-state index in [4.69, 9.17) is 0 Å². The summed E-state index contributed by atoms with van der Waals surface area (Å²) in [5.41, 5.74) is -0.527. The van der Waals surface area contributed by atoms with Crippen molar-refractivity contribution in [3.63, 3.8) is 0 Å². The number of rotatable bonds is 4. The second kappa shape index (κ2) is 8.54. The highest BCUT2D eigenvalue weighted by Gasteiger charge is 2.59. The van der Waals surface area contributed by atoms with Crippen LogP contribution < -0.4 is 15.8 Å². The van der Waals surface area contributed by atoms with Gasteiger partial charge in [-0.2, -0.15) is 13.2 Å². The Kier molecular flexibility index (Phi) is 5.52. The van der Waals surface area contributed by atoms with Crippen LogP contribution in [0.4, 0.5) is 18.9 Å². The minimum absolute atomic E-state index is 0.0919. The van der Waals surface area contributed by atoms with Crippen molar-refractivity contribution in [3.05, 3.63) is 64.0 Å². The summed E-state index contributed by atoms with van der Waals surface area (Å²) in [7, 11) is 1.58. The molecule has 3 aromatic rings. The molecule has 8 nitrogen and oxygen atoms in total. The minimum atomic E-state index is -4.61. The SMILES string of the molecule is CNC(=O)c1ccc(N2CCC(N3CC4(c5nc6cccc(C(F)(F)F)c6c(=O)[nH]5)CC3C4)CC2)cn1. The molecule has 5 heterocycles. The van der Waals surface area contributed by atoms with E-state index in [0.717, 1.165) is 57.1 Å². The van der Waals surface area contributed by atoms with Gasteiger partial charge in [0, 0.05) is 44.2 Å². The van der Waals surface area contributed by atoms with Gasteiger partial charge in [-0.3, -0.25) is 14.5 Å². The maximum absolute atomic E-state index is 13.4. The Bertz CT molecular complexity index is 1410. The second-order valence-electron chi connectivity index (χ2n) is 10.3. The monoisotopic (exact) mass is 512 g/mol. The van der Waals surface area contributed by atoms with E-state index < -0.39 is 22.7 Å². The molecule has 0 unspecified atom stereocenters. The summed E-state index contributed by atoms with van der Waals surface area (Å²) in [6.45, 7) is 2.48. The molecule has 7 rings (SSSR count). The van der Waals surface area contributed by atoms with Gasteiger partial charge in [-0.15, -0.1) is 0 Å². The Hall–Kier alpha value is -3.47. The summed E-state index contributed by atoms with van der Waals surface area (Å²) in [5, 5.41) is 2.17. The number of nitrogens with one attached hydrogen (secondary N) is 2. The molecule has 194 valence electrons. The topological polar surface area (TPSA) is 94.2 Å². The molecule has 0 atom stereocenters. The van der Waals surface area contributed by atoms with Crippen LogP contribution in [0.2, 0.25) is 0 Å². The van der Waals surface area contributed by atoms with E-state index in [-0.39, 0.29) is 16.8 Å². The first-order valence-electron chi connectivity index (χ1n) is 12.5. The number of pyridine rings is 1. The number of alkyl halides is 3.